The zero-order valence-corrected chi connectivity index (χ0v) is 22.3. The van der Waals surface area contributed by atoms with Crippen LogP contribution in [0.15, 0.2) is 36.7 Å². The summed E-state index contributed by atoms with van der Waals surface area (Å²) in [5.41, 5.74) is 1.81. The molecule has 1 aliphatic carbocycles. The second-order valence-corrected chi connectivity index (χ2v) is 10.5. The molecule has 0 N–H and O–H groups in total. The summed E-state index contributed by atoms with van der Waals surface area (Å²) in [5, 5.41) is 9.85. The highest BCUT2D eigenvalue weighted by Gasteiger charge is 2.37. The number of carbonyl (C=O) groups excluding carboxylic acids is 1. The number of benzene rings is 1. The van der Waals surface area contributed by atoms with Gasteiger partial charge in [-0.2, -0.15) is 5.26 Å². The first-order valence-electron chi connectivity index (χ1n) is 14.1. The molecule has 1 saturated carbocycles. The Morgan fingerprint density at radius 2 is 1.56 bits per heavy atom. The van der Waals surface area contributed by atoms with E-state index in [9.17, 15) is 10.1 Å². The van der Waals surface area contributed by atoms with Gasteiger partial charge in [0.15, 0.2) is 5.82 Å². The number of hydrogen-bond donors (Lipinski definition) is 0. The molecule has 3 rings (SSSR count). The van der Waals surface area contributed by atoms with Gasteiger partial charge in [-0.15, -0.1) is 0 Å². The van der Waals surface area contributed by atoms with Crippen LogP contribution >= 0.6 is 0 Å². The van der Waals surface area contributed by atoms with E-state index in [1.54, 1.807) is 0 Å². The number of aromatic nitrogens is 2. The maximum Gasteiger partial charge on any atom is 0.314 e. The Morgan fingerprint density at radius 1 is 0.944 bits per heavy atom. The fourth-order valence-corrected chi connectivity index (χ4v) is 5.15. The van der Waals surface area contributed by atoms with Crippen molar-refractivity contribution < 1.29 is 9.53 Å². The Morgan fingerprint density at radius 3 is 2.19 bits per heavy atom. The summed E-state index contributed by atoms with van der Waals surface area (Å²) < 4.78 is 5.69. The highest BCUT2D eigenvalue weighted by Crippen LogP contribution is 2.42. The van der Waals surface area contributed by atoms with E-state index in [1.807, 2.05) is 36.7 Å². The Balaban J connectivity index is 1.45. The Kier molecular flexibility index (Phi) is 11.4. The molecule has 1 fully saturated rings. The first-order valence-corrected chi connectivity index (χ1v) is 14.1. The van der Waals surface area contributed by atoms with E-state index in [0.29, 0.717) is 11.6 Å². The maximum atomic E-state index is 12.8. The van der Waals surface area contributed by atoms with Gasteiger partial charge >= 0.3 is 5.97 Å². The molecule has 0 saturated heterocycles. The second-order valence-electron chi connectivity index (χ2n) is 10.5. The van der Waals surface area contributed by atoms with E-state index in [-0.39, 0.29) is 17.3 Å². The van der Waals surface area contributed by atoms with Crippen LogP contribution < -0.4 is 4.74 Å². The standard InChI is InChI=1S/C31H43N3O2/c1-3-5-7-8-9-11-19-31(24-32)20-17-27(18-21-31)30(35)36-28-15-13-26(14-16-28)29-33-22-25(23-34-29)12-10-6-4-2/h13-16,22-23,27H,3-12,17-21H2,1-2H3. The summed E-state index contributed by atoms with van der Waals surface area (Å²) >= 11 is 0. The zero-order valence-electron chi connectivity index (χ0n) is 22.3. The van der Waals surface area contributed by atoms with Crippen molar-refractivity contribution in [3.05, 3.63) is 42.2 Å². The van der Waals surface area contributed by atoms with Gasteiger partial charge in [0.1, 0.15) is 5.75 Å². The van der Waals surface area contributed by atoms with Gasteiger partial charge < -0.3 is 4.74 Å². The van der Waals surface area contributed by atoms with Crippen LogP contribution in [0.5, 0.6) is 5.75 Å². The lowest BCUT2D eigenvalue weighted by molar-refractivity contribution is -0.140. The summed E-state index contributed by atoms with van der Waals surface area (Å²) in [6.07, 6.45) is 19.9. The van der Waals surface area contributed by atoms with Crippen molar-refractivity contribution in [3.63, 3.8) is 0 Å². The van der Waals surface area contributed by atoms with Gasteiger partial charge in [0.2, 0.25) is 0 Å². The number of esters is 1. The molecule has 0 spiro atoms. The van der Waals surface area contributed by atoms with Gasteiger partial charge in [0.25, 0.3) is 0 Å². The third-order valence-corrected chi connectivity index (χ3v) is 7.63. The van der Waals surface area contributed by atoms with Gasteiger partial charge in [-0.3, -0.25) is 4.79 Å². The average Bonchev–Trinajstić information content (AvgIpc) is 2.92. The van der Waals surface area contributed by atoms with Gasteiger partial charge in [0.05, 0.1) is 17.4 Å². The number of hydrogen-bond acceptors (Lipinski definition) is 5. The van der Waals surface area contributed by atoms with Crippen molar-refractivity contribution in [1.29, 1.82) is 5.26 Å². The van der Waals surface area contributed by atoms with Gasteiger partial charge in [-0.1, -0.05) is 65.2 Å². The van der Waals surface area contributed by atoms with Crippen LogP contribution in [0.4, 0.5) is 0 Å². The summed E-state index contributed by atoms with van der Waals surface area (Å²) in [4.78, 5) is 21.8. The molecule has 0 unspecified atom stereocenters. The molecule has 36 heavy (non-hydrogen) atoms. The topological polar surface area (TPSA) is 75.9 Å². The third kappa shape index (κ3) is 8.43. The summed E-state index contributed by atoms with van der Waals surface area (Å²) in [6.45, 7) is 4.43. The number of nitriles is 1. The molecule has 5 heteroatoms. The van der Waals surface area contributed by atoms with E-state index in [4.69, 9.17) is 4.74 Å². The molecule has 1 aliphatic rings. The largest absolute Gasteiger partial charge is 0.426 e. The van der Waals surface area contributed by atoms with Crippen molar-refractivity contribution in [2.45, 2.75) is 110 Å². The lowest BCUT2D eigenvalue weighted by atomic mass is 9.69. The lowest BCUT2D eigenvalue weighted by Gasteiger charge is -2.34. The third-order valence-electron chi connectivity index (χ3n) is 7.63. The number of nitrogens with zero attached hydrogens (tertiary/aromatic N) is 3. The molecular formula is C31H43N3O2. The maximum absolute atomic E-state index is 12.8. The minimum absolute atomic E-state index is 0.126. The van der Waals surface area contributed by atoms with Gasteiger partial charge in [0, 0.05) is 18.0 Å². The minimum Gasteiger partial charge on any atom is -0.426 e. The zero-order chi connectivity index (χ0) is 25.6. The average molecular weight is 490 g/mol. The molecule has 0 atom stereocenters. The van der Waals surface area contributed by atoms with Crippen LogP contribution in [0.2, 0.25) is 0 Å². The molecular weight excluding hydrogens is 446 g/mol. The van der Waals surface area contributed by atoms with Crippen LogP contribution in [0, 0.1) is 22.7 Å². The smallest absolute Gasteiger partial charge is 0.314 e. The Bertz CT molecular complexity index is 955. The monoisotopic (exact) mass is 489 g/mol. The molecule has 0 aliphatic heterocycles. The van der Waals surface area contributed by atoms with E-state index in [2.05, 4.69) is 29.9 Å². The lowest BCUT2D eigenvalue weighted by Crippen LogP contribution is -2.31. The summed E-state index contributed by atoms with van der Waals surface area (Å²) in [6, 6.07) is 10.0. The molecule has 0 amide bonds. The highest BCUT2D eigenvalue weighted by atomic mass is 16.5. The van der Waals surface area contributed by atoms with Crippen molar-refractivity contribution in [2.75, 3.05) is 0 Å². The van der Waals surface area contributed by atoms with E-state index in [1.165, 1.54) is 44.9 Å². The van der Waals surface area contributed by atoms with Crippen molar-refractivity contribution in [3.8, 4) is 23.2 Å². The minimum atomic E-state index is -0.255. The number of unbranched alkanes of at least 4 members (excludes halogenated alkanes) is 7. The van der Waals surface area contributed by atoms with Crippen LogP contribution in [0.25, 0.3) is 11.4 Å². The van der Waals surface area contributed by atoms with Crippen molar-refractivity contribution in [2.24, 2.45) is 11.3 Å². The summed E-state index contributed by atoms with van der Waals surface area (Å²) in [5.74, 6) is 0.919. The van der Waals surface area contributed by atoms with E-state index < -0.39 is 0 Å². The molecule has 5 nitrogen and oxygen atoms in total. The second kappa shape index (κ2) is 14.7. The van der Waals surface area contributed by atoms with Crippen LogP contribution in [0.3, 0.4) is 0 Å². The molecule has 0 radical (unpaired) electrons. The van der Waals surface area contributed by atoms with E-state index >= 15 is 0 Å². The predicted molar refractivity (Wildman–Crippen MR) is 144 cm³/mol. The quantitative estimate of drug-likeness (QED) is 0.152. The molecule has 1 aromatic heterocycles. The van der Waals surface area contributed by atoms with Crippen molar-refractivity contribution >= 4 is 5.97 Å². The van der Waals surface area contributed by atoms with E-state index in [0.717, 1.165) is 62.5 Å². The van der Waals surface area contributed by atoms with Crippen molar-refractivity contribution in [1.82, 2.24) is 9.97 Å². The Hall–Kier alpha value is -2.74. The first kappa shape index (κ1) is 27.8. The SMILES string of the molecule is CCCCCCCCC1(C#N)CCC(C(=O)Oc2ccc(-c3ncc(CCCCC)cn3)cc2)CC1. The van der Waals surface area contributed by atoms with Gasteiger partial charge in [-0.05, 0) is 74.8 Å². The number of aryl methyl sites for hydroxylation is 1. The first-order chi connectivity index (χ1) is 17.6. The fraction of sp³-hybridized carbons (Fsp3) is 0.613. The fourth-order valence-electron chi connectivity index (χ4n) is 5.15. The molecule has 0 bridgehead atoms. The van der Waals surface area contributed by atoms with Crippen LogP contribution in [0.1, 0.15) is 109 Å². The van der Waals surface area contributed by atoms with Gasteiger partial charge in [-0.25, -0.2) is 9.97 Å². The number of carbonyl (C=O) groups is 1. The van der Waals surface area contributed by atoms with Crippen LogP contribution in [-0.2, 0) is 11.2 Å². The van der Waals surface area contributed by atoms with Crippen LogP contribution in [-0.4, -0.2) is 15.9 Å². The molecule has 1 heterocycles. The summed E-state index contributed by atoms with van der Waals surface area (Å²) in [7, 11) is 0. The number of rotatable bonds is 14. The Labute approximate surface area is 217 Å². The molecule has 1 aromatic carbocycles. The molecule has 194 valence electrons. The number of ether oxygens (including phenoxy) is 1. The predicted octanol–water partition coefficient (Wildman–Crippen LogP) is 8.23. The normalized spacial score (nSPS) is 19.5. The molecule has 2 aromatic rings. The highest BCUT2D eigenvalue weighted by molar-refractivity contribution is 5.75.